The number of ether oxygens (including phenoxy) is 3. The minimum Gasteiger partial charge on any atom is -0.480 e. The maximum Gasteiger partial charge on any atom is 0.250 e. The number of carbonyl (C=O) groups excluding carboxylic acids is 1. The van der Waals surface area contributed by atoms with Gasteiger partial charge in [-0.05, 0) is 54.5 Å². The number of amides is 1. The maximum atomic E-state index is 12.7. The van der Waals surface area contributed by atoms with Crippen LogP contribution < -0.4 is 20.1 Å². The first kappa shape index (κ1) is 27.0. The van der Waals surface area contributed by atoms with E-state index in [1.54, 1.807) is 16.5 Å². The van der Waals surface area contributed by atoms with Gasteiger partial charge in [0.15, 0.2) is 5.82 Å². The van der Waals surface area contributed by atoms with E-state index >= 15 is 0 Å². The Balaban J connectivity index is 1.42. The molecule has 212 valence electrons. The summed E-state index contributed by atoms with van der Waals surface area (Å²) in [6.07, 6.45) is 2.73. The number of pyridine rings is 1. The standard InChI is InChI=1S/C32H30N6O4/c1-4-27(39)37(16-21-17-41-18-21)24-12-8-23(9-13-24)29-28(30-31(33)34-19-35-38(30)32(29)40-3)22-10-14-25(15-11-22)42-26-7-5-6-20(2)36-26/h4-15,19,21H,1,16-18H2,2-3H3,(H2,33,34,35). The van der Waals surface area contributed by atoms with E-state index in [0.717, 1.165) is 33.6 Å². The van der Waals surface area contributed by atoms with Crippen LogP contribution in [0.3, 0.4) is 0 Å². The summed E-state index contributed by atoms with van der Waals surface area (Å²) < 4.78 is 18.8. The van der Waals surface area contributed by atoms with Gasteiger partial charge in [-0.15, -0.1) is 0 Å². The smallest absolute Gasteiger partial charge is 0.250 e. The summed E-state index contributed by atoms with van der Waals surface area (Å²) >= 11 is 0. The number of anilines is 2. The number of aromatic nitrogens is 4. The average Bonchev–Trinajstić information content (AvgIpc) is 3.32. The molecule has 0 spiro atoms. The normalized spacial score (nSPS) is 13.0. The molecule has 4 heterocycles. The lowest BCUT2D eigenvalue weighted by atomic mass is 9.96. The number of nitrogens with zero attached hydrogens (tertiary/aromatic N) is 5. The van der Waals surface area contributed by atoms with Crippen LogP contribution in [0.4, 0.5) is 11.5 Å². The van der Waals surface area contributed by atoms with Crippen LogP contribution in [-0.4, -0.2) is 52.4 Å². The lowest BCUT2D eigenvalue weighted by Gasteiger charge is -2.32. The fraction of sp³-hybridized carbons (Fsp3) is 0.188. The number of nitrogens with two attached hydrogens (primary N) is 1. The zero-order chi connectivity index (χ0) is 29.2. The number of hydrogen-bond donors (Lipinski definition) is 1. The molecule has 1 saturated heterocycles. The van der Waals surface area contributed by atoms with Crippen LogP contribution >= 0.6 is 0 Å². The van der Waals surface area contributed by atoms with Crippen LogP contribution in [0, 0.1) is 12.8 Å². The first-order chi connectivity index (χ1) is 20.5. The largest absolute Gasteiger partial charge is 0.480 e. The number of rotatable bonds is 9. The number of fused-ring (bicyclic) bond motifs is 1. The lowest BCUT2D eigenvalue weighted by molar-refractivity contribution is -0.115. The van der Waals surface area contributed by atoms with E-state index in [2.05, 4.69) is 21.6 Å². The second kappa shape index (κ2) is 11.3. The van der Waals surface area contributed by atoms with Crippen molar-refractivity contribution in [2.45, 2.75) is 6.92 Å². The predicted octanol–water partition coefficient (Wildman–Crippen LogP) is 5.32. The molecule has 0 aliphatic carbocycles. The van der Waals surface area contributed by atoms with Crippen LogP contribution in [0.15, 0.2) is 85.7 Å². The van der Waals surface area contributed by atoms with Gasteiger partial charge in [0.25, 0.3) is 0 Å². The molecule has 5 aromatic rings. The number of methoxy groups -OCH3 is 1. The fourth-order valence-corrected chi connectivity index (χ4v) is 5.10. The Bertz CT molecular complexity index is 1760. The van der Waals surface area contributed by atoms with Crippen LogP contribution in [0.2, 0.25) is 0 Å². The molecule has 1 aliphatic heterocycles. The Kier molecular flexibility index (Phi) is 7.28. The van der Waals surface area contributed by atoms with Gasteiger partial charge < -0.3 is 24.8 Å². The third-order valence-corrected chi connectivity index (χ3v) is 7.19. The van der Waals surface area contributed by atoms with E-state index in [1.165, 1.54) is 12.4 Å². The van der Waals surface area contributed by atoms with Gasteiger partial charge in [0, 0.05) is 35.5 Å². The van der Waals surface area contributed by atoms with Crippen molar-refractivity contribution in [2.24, 2.45) is 5.92 Å². The molecule has 0 saturated carbocycles. The van der Waals surface area contributed by atoms with E-state index in [9.17, 15) is 4.79 Å². The van der Waals surface area contributed by atoms with Gasteiger partial charge in [0.2, 0.25) is 17.7 Å². The highest BCUT2D eigenvalue weighted by Gasteiger charge is 2.27. The van der Waals surface area contributed by atoms with Gasteiger partial charge in [-0.2, -0.15) is 9.61 Å². The van der Waals surface area contributed by atoms with E-state index in [4.69, 9.17) is 19.9 Å². The highest BCUT2D eigenvalue weighted by molar-refractivity contribution is 6.03. The Morgan fingerprint density at radius 1 is 1.10 bits per heavy atom. The number of aryl methyl sites for hydroxylation is 1. The van der Waals surface area contributed by atoms with Crippen LogP contribution in [0.25, 0.3) is 27.8 Å². The average molecular weight is 563 g/mol. The van der Waals surface area contributed by atoms with Gasteiger partial charge in [-0.25, -0.2) is 9.97 Å². The molecule has 0 atom stereocenters. The van der Waals surface area contributed by atoms with Crippen molar-refractivity contribution >= 4 is 22.9 Å². The molecule has 6 rings (SSSR count). The quantitative estimate of drug-likeness (QED) is 0.240. The van der Waals surface area contributed by atoms with Crippen molar-refractivity contribution in [2.75, 3.05) is 37.5 Å². The predicted molar refractivity (Wildman–Crippen MR) is 161 cm³/mol. The number of nitrogen functional groups attached to an aromatic ring is 1. The van der Waals surface area contributed by atoms with Crippen LogP contribution in [0.1, 0.15) is 5.69 Å². The summed E-state index contributed by atoms with van der Waals surface area (Å²) in [5.41, 5.74) is 12.0. The molecule has 2 N–H and O–H groups in total. The summed E-state index contributed by atoms with van der Waals surface area (Å²) in [5, 5.41) is 4.45. The molecule has 1 amide bonds. The molecule has 10 heteroatoms. The van der Waals surface area contributed by atoms with E-state index in [0.29, 0.717) is 54.5 Å². The molecule has 3 aromatic heterocycles. The highest BCUT2D eigenvalue weighted by atomic mass is 16.5. The van der Waals surface area contributed by atoms with E-state index in [1.807, 2.05) is 73.7 Å². The van der Waals surface area contributed by atoms with E-state index in [-0.39, 0.29) is 5.91 Å². The first-order valence-electron chi connectivity index (χ1n) is 13.5. The number of carbonyl (C=O) groups is 1. The molecule has 42 heavy (non-hydrogen) atoms. The van der Waals surface area contributed by atoms with Crippen molar-refractivity contribution in [3.8, 4) is 39.8 Å². The van der Waals surface area contributed by atoms with Gasteiger partial charge >= 0.3 is 0 Å². The minimum absolute atomic E-state index is 0.159. The Morgan fingerprint density at radius 2 is 1.81 bits per heavy atom. The molecule has 2 aromatic carbocycles. The molecule has 0 bridgehead atoms. The molecule has 1 fully saturated rings. The molecule has 1 aliphatic rings. The number of benzene rings is 2. The van der Waals surface area contributed by atoms with Gasteiger partial charge in [0.1, 0.15) is 17.6 Å². The minimum atomic E-state index is -0.159. The summed E-state index contributed by atoms with van der Waals surface area (Å²) in [6, 6.07) is 21.1. The Hall–Kier alpha value is -5.22. The van der Waals surface area contributed by atoms with Crippen molar-refractivity contribution < 1.29 is 19.0 Å². The summed E-state index contributed by atoms with van der Waals surface area (Å²) in [4.78, 5) is 23.1. The van der Waals surface area contributed by atoms with Gasteiger partial charge in [-0.1, -0.05) is 36.9 Å². The van der Waals surface area contributed by atoms with E-state index < -0.39 is 0 Å². The monoisotopic (exact) mass is 562 g/mol. The number of hydrogen-bond acceptors (Lipinski definition) is 8. The third-order valence-electron chi connectivity index (χ3n) is 7.19. The Morgan fingerprint density at radius 3 is 2.45 bits per heavy atom. The third kappa shape index (κ3) is 5.04. The van der Waals surface area contributed by atoms with Crippen LogP contribution in [-0.2, 0) is 9.53 Å². The van der Waals surface area contributed by atoms with Crippen molar-refractivity contribution in [1.29, 1.82) is 0 Å². The second-order valence-corrected chi connectivity index (χ2v) is 10.0. The molecular formula is C32H30N6O4. The zero-order valence-electron chi connectivity index (χ0n) is 23.4. The molecule has 10 nitrogen and oxygen atoms in total. The Labute approximate surface area is 243 Å². The van der Waals surface area contributed by atoms with Gasteiger partial charge in [-0.3, -0.25) is 4.79 Å². The van der Waals surface area contributed by atoms with Gasteiger partial charge in [0.05, 0.1) is 25.9 Å². The summed E-state index contributed by atoms with van der Waals surface area (Å²) in [5.74, 6) is 2.13. The topological polar surface area (TPSA) is 117 Å². The summed E-state index contributed by atoms with van der Waals surface area (Å²) in [7, 11) is 1.60. The lowest BCUT2D eigenvalue weighted by Crippen LogP contribution is -2.42. The molecular weight excluding hydrogens is 532 g/mol. The highest BCUT2D eigenvalue weighted by Crippen LogP contribution is 2.46. The van der Waals surface area contributed by atoms with Crippen molar-refractivity contribution in [3.63, 3.8) is 0 Å². The molecule has 0 radical (unpaired) electrons. The second-order valence-electron chi connectivity index (χ2n) is 10.0. The molecule has 0 unspecified atom stereocenters. The maximum absolute atomic E-state index is 12.7. The summed E-state index contributed by atoms with van der Waals surface area (Å²) in [6.45, 7) is 7.45. The van der Waals surface area contributed by atoms with Crippen molar-refractivity contribution in [3.05, 3.63) is 91.4 Å². The fourth-order valence-electron chi connectivity index (χ4n) is 5.10. The van der Waals surface area contributed by atoms with Crippen LogP contribution in [0.5, 0.6) is 17.5 Å². The zero-order valence-corrected chi connectivity index (χ0v) is 23.4. The van der Waals surface area contributed by atoms with Crippen molar-refractivity contribution in [1.82, 2.24) is 19.6 Å². The SMILES string of the molecule is C=CC(=O)N(CC1COC1)c1ccc(-c2c(-c3ccc(Oc4cccc(C)n4)cc3)c3c(N)ncnn3c2OC)cc1. The first-order valence-corrected chi connectivity index (χ1v) is 13.5.